The highest BCUT2D eigenvalue weighted by atomic mass is 35.5. The highest BCUT2D eigenvalue weighted by Gasteiger charge is 2.41. The summed E-state index contributed by atoms with van der Waals surface area (Å²) < 4.78 is 74.6. The van der Waals surface area contributed by atoms with Crippen LogP contribution in [0.3, 0.4) is 0 Å². The summed E-state index contributed by atoms with van der Waals surface area (Å²) in [7, 11) is -4.19. The molecule has 3 aromatic carbocycles. The fraction of sp³-hybridized carbons (Fsp3) is 0.267. The molecule has 2 atom stereocenters. The Labute approximate surface area is 285 Å². The van der Waals surface area contributed by atoms with E-state index in [0.717, 1.165) is 4.31 Å². The van der Waals surface area contributed by atoms with Crippen LogP contribution in [0.5, 0.6) is 0 Å². The summed E-state index contributed by atoms with van der Waals surface area (Å²) in [5.41, 5.74) is 1.91. The van der Waals surface area contributed by atoms with Gasteiger partial charge in [-0.15, -0.1) is 5.10 Å². The van der Waals surface area contributed by atoms with E-state index in [1.165, 1.54) is 30.3 Å². The van der Waals surface area contributed by atoms with Gasteiger partial charge in [-0.25, -0.2) is 18.2 Å². The van der Waals surface area contributed by atoms with Gasteiger partial charge in [0.25, 0.3) is 5.82 Å². The number of aryl methyl sites for hydroxylation is 1. The zero-order valence-electron chi connectivity index (χ0n) is 25.1. The lowest BCUT2D eigenvalue weighted by Gasteiger charge is -2.25. The average molecular weight is 739 g/mol. The van der Waals surface area contributed by atoms with Crippen LogP contribution in [-0.4, -0.2) is 73.5 Å². The number of sulfonamides is 1. The summed E-state index contributed by atoms with van der Waals surface area (Å²) in [4.78, 5) is 29.7. The Balaban J connectivity index is 1.23. The molecule has 1 fully saturated rings. The molecule has 2 N–H and O–H groups in total. The molecule has 0 aliphatic carbocycles. The fourth-order valence-electron chi connectivity index (χ4n) is 5.63. The number of hydrogen-bond acceptors (Lipinski definition) is 9. The number of aliphatic carboxylic acids is 1. The third-order valence-electron chi connectivity index (χ3n) is 7.82. The van der Waals surface area contributed by atoms with E-state index >= 15 is 0 Å². The van der Waals surface area contributed by atoms with Gasteiger partial charge in [-0.2, -0.15) is 22.2 Å². The molecule has 49 heavy (non-hydrogen) atoms. The SMILES string of the molecule is Cc1nc2c(-c3ccc(C[C@H](NC(=O)[C@@H]4CCCN4S(=O)(=O)c4cc(Cl)cc(Cl)c4)C(=O)O)cc3)cc(-n3nnnc3C(F)(F)F)cc2o1. The maximum atomic E-state index is 13.5. The summed E-state index contributed by atoms with van der Waals surface area (Å²) >= 11 is 12.0. The maximum Gasteiger partial charge on any atom is 0.453 e. The summed E-state index contributed by atoms with van der Waals surface area (Å²) in [6.07, 6.45) is -4.45. The normalized spacial score (nSPS) is 16.2. The molecule has 1 amide bonds. The van der Waals surface area contributed by atoms with Gasteiger partial charge >= 0.3 is 12.1 Å². The van der Waals surface area contributed by atoms with E-state index in [2.05, 4.69) is 25.8 Å². The first-order valence-electron chi connectivity index (χ1n) is 14.5. The summed E-state index contributed by atoms with van der Waals surface area (Å²) in [5.74, 6) is -3.19. The number of carboxylic acid groups (broad SMARTS) is 1. The Kier molecular flexibility index (Phi) is 9.12. The molecule has 0 unspecified atom stereocenters. The highest BCUT2D eigenvalue weighted by Crippen LogP contribution is 2.35. The highest BCUT2D eigenvalue weighted by molar-refractivity contribution is 7.89. The summed E-state index contributed by atoms with van der Waals surface area (Å²) in [5, 5.41) is 22.4. The van der Waals surface area contributed by atoms with Crippen molar-refractivity contribution in [1.82, 2.24) is 34.8 Å². The number of carbonyl (C=O) groups excluding carboxylic acids is 1. The van der Waals surface area contributed by atoms with Crippen molar-refractivity contribution in [1.29, 1.82) is 0 Å². The number of alkyl halides is 3. The van der Waals surface area contributed by atoms with Crippen LogP contribution in [0, 0.1) is 6.92 Å². The van der Waals surface area contributed by atoms with Crippen LogP contribution in [0.4, 0.5) is 13.2 Å². The van der Waals surface area contributed by atoms with Gasteiger partial charge in [0.1, 0.15) is 17.6 Å². The molecule has 13 nitrogen and oxygen atoms in total. The molecule has 1 aliphatic rings. The molecule has 6 rings (SSSR count). The monoisotopic (exact) mass is 737 g/mol. The van der Waals surface area contributed by atoms with Crippen LogP contribution in [0.1, 0.15) is 30.1 Å². The zero-order valence-corrected chi connectivity index (χ0v) is 27.5. The van der Waals surface area contributed by atoms with Crippen LogP contribution >= 0.6 is 23.2 Å². The Morgan fingerprint density at radius 3 is 2.45 bits per heavy atom. The van der Waals surface area contributed by atoms with Crippen molar-refractivity contribution in [3.05, 3.63) is 81.9 Å². The number of fused-ring (bicyclic) bond motifs is 1. The second-order valence-corrected chi connectivity index (χ2v) is 13.9. The van der Waals surface area contributed by atoms with E-state index in [1.807, 2.05) is 0 Å². The van der Waals surface area contributed by atoms with Gasteiger partial charge in [0.05, 0.1) is 10.6 Å². The minimum absolute atomic E-state index is 0.0323. The second-order valence-electron chi connectivity index (χ2n) is 11.2. The first-order valence-corrected chi connectivity index (χ1v) is 16.7. The third-order valence-corrected chi connectivity index (χ3v) is 10.1. The molecule has 0 radical (unpaired) electrons. The minimum Gasteiger partial charge on any atom is -0.480 e. The summed E-state index contributed by atoms with van der Waals surface area (Å²) in [6, 6.07) is 10.4. The number of tetrazole rings is 1. The first-order chi connectivity index (χ1) is 23.1. The lowest BCUT2D eigenvalue weighted by molar-refractivity contribution is -0.146. The van der Waals surface area contributed by atoms with E-state index in [1.54, 1.807) is 31.2 Å². The Bertz CT molecular complexity index is 2170. The molecule has 0 spiro atoms. The largest absolute Gasteiger partial charge is 0.480 e. The van der Waals surface area contributed by atoms with Gasteiger partial charge < -0.3 is 14.8 Å². The molecular weight excluding hydrogens is 714 g/mol. The number of aromatic nitrogens is 5. The predicted octanol–water partition coefficient (Wildman–Crippen LogP) is 5.07. The van der Waals surface area contributed by atoms with Crippen molar-refractivity contribution in [2.24, 2.45) is 0 Å². The fourth-order valence-corrected chi connectivity index (χ4v) is 8.02. The van der Waals surface area contributed by atoms with E-state index in [0.29, 0.717) is 33.3 Å². The lowest BCUT2D eigenvalue weighted by Crippen LogP contribution is -2.51. The second kappa shape index (κ2) is 13.0. The van der Waals surface area contributed by atoms with E-state index < -0.39 is 46.0 Å². The molecule has 256 valence electrons. The number of rotatable bonds is 9. The Morgan fingerprint density at radius 1 is 1.10 bits per heavy atom. The van der Waals surface area contributed by atoms with Crippen molar-refractivity contribution < 1.29 is 40.7 Å². The van der Waals surface area contributed by atoms with Crippen LogP contribution in [0.15, 0.2) is 63.9 Å². The lowest BCUT2D eigenvalue weighted by atomic mass is 9.99. The van der Waals surface area contributed by atoms with Crippen molar-refractivity contribution in [3.8, 4) is 16.8 Å². The number of oxazole rings is 1. The maximum absolute atomic E-state index is 13.5. The molecular formula is C30H24Cl2F3N7O6S. The number of nitrogens with one attached hydrogen (secondary N) is 1. The third kappa shape index (κ3) is 6.96. The number of hydrogen-bond donors (Lipinski definition) is 2. The van der Waals surface area contributed by atoms with E-state index in [9.17, 15) is 36.3 Å². The molecule has 3 heterocycles. The van der Waals surface area contributed by atoms with Crippen LogP contribution in [-0.2, 0) is 32.2 Å². The van der Waals surface area contributed by atoms with Crippen LogP contribution < -0.4 is 5.32 Å². The van der Waals surface area contributed by atoms with E-state index in [-0.39, 0.29) is 51.5 Å². The van der Waals surface area contributed by atoms with Gasteiger partial charge in [-0.3, -0.25) is 4.79 Å². The average Bonchev–Trinajstić information content (AvgIpc) is 3.79. The predicted molar refractivity (Wildman–Crippen MR) is 169 cm³/mol. The standard InChI is InChI=1S/C30H24Cl2F3N7O6S/c1-15-36-26-22(13-20(14-25(26)48-15)42-29(30(33,34)35)38-39-40-42)17-6-4-16(5-7-17)9-23(28(44)45)37-27(43)24-3-2-8-41(24)49(46,47)21-11-18(31)10-19(32)12-21/h4-7,10-14,23-24H,2-3,8-9H2,1H3,(H,37,43)(H,44,45)/t23-,24-/m0/s1. The molecule has 2 aromatic heterocycles. The Hall–Kier alpha value is -4.58. The van der Waals surface area contributed by atoms with E-state index in [4.69, 9.17) is 27.6 Å². The van der Waals surface area contributed by atoms with Crippen molar-refractivity contribution in [2.75, 3.05) is 6.54 Å². The number of amides is 1. The van der Waals surface area contributed by atoms with Crippen molar-refractivity contribution >= 4 is 56.2 Å². The summed E-state index contributed by atoms with van der Waals surface area (Å²) in [6.45, 7) is 1.62. The van der Waals surface area contributed by atoms with Gasteiger partial charge in [0.15, 0.2) is 11.5 Å². The zero-order chi connectivity index (χ0) is 35.2. The molecule has 0 bridgehead atoms. The minimum atomic E-state index is -4.83. The Morgan fingerprint density at radius 2 is 1.80 bits per heavy atom. The molecule has 0 saturated carbocycles. The van der Waals surface area contributed by atoms with Gasteiger partial charge in [-0.1, -0.05) is 47.5 Å². The topological polar surface area (TPSA) is 173 Å². The molecule has 1 saturated heterocycles. The van der Waals surface area contributed by atoms with Gasteiger partial charge in [0.2, 0.25) is 15.9 Å². The molecule has 5 aromatic rings. The first kappa shape index (κ1) is 34.3. The van der Waals surface area contributed by atoms with Crippen molar-refractivity contribution in [2.45, 2.75) is 49.3 Å². The van der Waals surface area contributed by atoms with Gasteiger partial charge in [-0.05, 0) is 58.7 Å². The number of halogens is 5. The molecule has 1 aliphatic heterocycles. The number of carbonyl (C=O) groups is 2. The quantitative estimate of drug-likeness (QED) is 0.208. The van der Waals surface area contributed by atoms with Crippen molar-refractivity contribution in [3.63, 3.8) is 0 Å². The molecule has 19 heteroatoms. The smallest absolute Gasteiger partial charge is 0.453 e. The number of carboxylic acids is 1. The van der Waals surface area contributed by atoms with Crippen LogP contribution in [0.2, 0.25) is 10.0 Å². The number of benzene rings is 3. The number of nitrogens with zero attached hydrogens (tertiary/aromatic N) is 6. The van der Waals surface area contributed by atoms with Crippen LogP contribution in [0.25, 0.3) is 27.9 Å². The van der Waals surface area contributed by atoms with Gasteiger partial charge in [0, 0.05) is 41.6 Å².